The largest absolute Gasteiger partial charge is 0.469 e. The first-order valence-corrected chi connectivity index (χ1v) is 15.0. The SMILES string of the molecule is CCCCc1nc2c(N)nc3ccccc3c2n1CCCN(Cc1cccc(CC(=O)OC)c1)C(=O)CN(C)CCOC. The number of methoxy groups -OCH3 is 2. The molecule has 0 bridgehead atoms. The van der Waals surface area contributed by atoms with Crippen LogP contribution in [0.4, 0.5) is 5.82 Å². The Morgan fingerprint density at radius 3 is 2.56 bits per heavy atom. The summed E-state index contributed by atoms with van der Waals surface area (Å²) in [5.41, 5.74) is 10.8. The number of aromatic nitrogens is 3. The van der Waals surface area contributed by atoms with E-state index in [4.69, 9.17) is 20.2 Å². The first-order chi connectivity index (χ1) is 20.8. The van der Waals surface area contributed by atoms with Crippen molar-refractivity contribution >= 4 is 39.6 Å². The molecule has 10 nitrogen and oxygen atoms in total. The molecule has 1 amide bonds. The topological polar surface area (TPSA) is 116 Å². The Morgan fingerprint density at radius 1 is 1.00 bits per heavy atom. The second kappa shape index (κ2) is 15.5. The molecule has 4 aromatic rings. The number of imidazole rings is 1. The summed E-state index contributed by atoms with van der Waals surface area (Å²) >= 11 is 0. The highest BCUT2D eigenvalue weighted by Gasteiger charge is 2.20. The van der Waals surface area contributed by atoms with Crippen LogP contribution in [0.25, 0.3) is 21.9 Å². The van der Waals surface area contributed by atoms with Crippen molar-refractivity contribution in [2.24, 2.45) is 0 Å². The Bertz CT molecular complexity index is 1530. The normalized spacial score (nSPS) is 11.5. The summed E-state index contributed by atoms with van der Waals surface area (Å²) in [6.45, 7) is 5.37. The fourth-order valence-corrected chi connectivity index (χ4v) is 5.34. The second-order valence-electron chi connectivity index (χ2n) is 11.0. The molecule has 0 radical (unpaired) electrons. The molecule has 0 aliphatic rings. The van der Waals surface area contributed by atoms with Gasteiger partial charge in [0.05, 0.1) is 37.7 Å². The lowest BCUT2D eigenvalue weighted by atomic mass is 10.1. The molecule has 0 atom stereocenters. The maximum absolute atomic E-state index is 13.6. The number of nitrogens with two attached hydrogens (primary N) is 1. The van der Waals surface area contributed by atoms with Gasteiger partial charge < -0.3 is 24.7 Å². The molecule has 0 aliphatic carbocycles. The number of esters is 1. The molecular formula is C33H44N6O4. The highest BCUT2D eigenvalue weighted by atomic mass is 16.5. The van der Waals surface area contributed by atoms with Crippen LogP contribution in [-0.2, 0) is 45.0 Å². The molecule has 0 saturated carbocycles. The number of nitrogen functional groups attached to an aromatic ring is 1. The van der Waals surface area contributed by atoms with E-state index in [2.05, 4.69) is 22.5 Å². The van der Waals surface area contributed by atoms with Crippen molar-refractivity contribution in [3.8, 4) is 0 Å². The number of fused-ring (bicyclic) bond motifs is 3. The predicted octanol–water partition coefficient (Wildman–Crippen LogP) is 4.22. The third-order valence-corrected chi connectivity index (χ3v) is 7.63. The van der Waals surface area contributed by atoms with E-state index in [1.165, 1.54) is 7.11 Å². The van der Waals surface area contributed by atoms with Crippen LogP contribution >= 0.6 is 0 Å². The summed E-state index contributed by atoms with van der Waals surface area (Å²) < 4.78 is 12.3. The highest BCUT2D eigenvalue weighted by molar-refractivity contribution is 6.06. The Labute approximate surface area is 253 Å². The van der Waals surface area contributed by atoms with E-state index in [0.29, 0.717) is 38.6 Å². The number of anilines is 1. The van der Waals surface area contributed by atoms with Crippen molar-refractivity contribution in [3.05, 3.63) is 65.5 Å². The molecule has 10 heteroatoms. The molecule has 2 heterocycles. The second-order valence-corrected chi connectivity index (χ2v) is 11.0. The van der Waals surface area contributed by atoms with Gasteiger partial charge in [0.25, 0.3) is 0 Å². The number of carbonyl (C=O) groups excluding carboxylic acids is 2. The van der Waals surface area contributed by atoms with Crippen LogP contribution in [0.2, 0.25) is 0 Å². The first-order valence-electron chi connectivity index (χ1n) is 15.0. The molecule has 0 fully saturated rings. The van der Waals surface area contributed by atoms with Gasteiger partial charge in [-0.3, -0.25) is 14.5 Å². The number of pyridine rings is 1. The zero-order chi connectivity index (χ0) is 30.8. The summed E-state index contributed by atoms with van der Waals surface area (Å²) in [6.07, 6.45) is 3.86. The molecule has 0 saturated heterocycles. The molecule has 2 aromatic heterocycles. The standard InChI is InChI=1S/C33H44N6O4/c1-5-6-15-28-36-31-32(26-13-7-8-14-27(26)35-33(31)34)39(28)17-10-16-38(29(40)23-37(2)18-19-42-3)22-25-12-9-11-24(20-25)21-30(41)43-4/h7-9,11-14,20H,5-6,10,15-19,21-23H2,1-4H3,(H2,34,35). The minimum atomic E-state index is -0.292. The first kappa shape index (κ1) is 31.9. The zero-order valence-electron chi connectivity index (χ0n) is 25.8. The smallest absolute Gasteiger partial charge is 0.309 e. The third-order valence-electron chi connectivity index (χ3n) is 7.63. The molecule has 2 N–H and O–H groups in total. The summed E-state index contributed by atoms with van der Waals surface area (Å²) in [5, 5.41) is 1.03. The van der Waals surface area contributed by atoms with E-state index in [0.717, 1.165) is 64.6 Å². The van der Waals surface area contributed by atoms with Crippen molar-refractivity contribution in [2.45, 2.75) is 52.1 Å². The summed E-state index contributed by atoms with van der Waals surface area (Å²) in [7, 11) is 4.97. The number of hydrogen-bond donors (Lipinski definition) is 1. The maximum atomic E-state index is 13.6. The Hall–Kier alpha value is -4.02. The van der Waals surface area contributed by atoms with Gasteiger partial charge in [-0.2, -0.15) is 0 Å². The van der Waals surface area contributed by atoms with Gasteiger partial charge in [0.1, 0.15) is 11.3 Å². The molecule has 0 aliphatic heterocycles. The Morgan fingerprint density at radius 2 is 1.79 bits per heavy atom. The fourth-order valence-electron chi connectivity index (χ4n) is 5.34. The van der Waals surface area contributed by atoms with Crippen LogP contribution in [0.5, 0.6) is 0 Å². The lowest BCUT2D eigenvalue weighted by molar-refractivity contribution is -0.139. The van der Waals surface area contributed by atoms with Gasteiger partial charge >= 0.3 is 5.97 Å². The van der Waals surface area contributed by atoms with Crippen molar-refractivity contribution < 1.29 is 19.1 Å². The fraction of sp³-hybridized carbons (Fsp3) is 0.455. The number of ether oxygens (including phenoxy) is 2. The van der Waals surface area contributed by atoms with Crippen LogP contribution in [0, 0.1) is 0 Å². The number of aryl methyl sites for hydroxylation is 2. The van der Waals surface area contributed by atoms with Gasteiger partial charge in [-0.15, -0.1) is 0 Å². The van der Waals surface area contributed by atoms with E-state index < -0.39 is 0 Å². The number of unbranched alkanes of at least 4 members (excludes halogenated alkanes) is 1. The van der Waals surface area contributed by atoms with E-state index in [1.807, 2.05) is 59.3 Å². The molecule has 43 heavy (non-hydrogen) atoms. The van der Waals surface area contributed by atoms with Crippen LogP contribution in [0.3, 0.4) is 0 Å². The number of likely N-dealkylation sites (N-methyl/N-ethyl adjacent to an activating group) is 1. The number of rotatable bonds is 16. The van der Waals surface area contributed by atoms with Gasteiger partial charge in [0.15, 0.2) is 5.82 Å². The van der Waals surface area contributed by atoms with Gasteiger partial charge in [-0.25, -0.2) is 9.97 Å². The van der Waals surface area contributed by atoms with Gasteiger partial charge in [0, 0.05) is 45.1 Å². The molecule has 0 spiro atoms. The zero-order valence-corrected chi connectivity index (χ0v) is 25.8. The summed E-state index contributed by atoms with van der Waals surface area (Å²) in [6, 6.07) is 15.8. The third kappa shape index (κ3) is 8.30. The minimum absolute atomic E-state index is 0.0394. The molecule has 230 valence electrons. The summed E-state index contributed by atoms with van der Waals surface area (Å²) in [5.74, 6) is 1.18. The van der Waals surface area contributed by atoms with Crippen LogP contribution in [0.15, 0.2) is 48.5 Å². The lowest BCUT2D eigenvalue weighted by Crippen LogP contribution is -2.40. The average molecular weight is 589 g/mol. The molecular weight excluding hydrogens is 544 g/mol. The number of benzene rings is 2. The monoisotopic (exact) mass is 588 g/mol. The number of amides is 1. The van der Waals surface area contributed by atoms with Crippen molar-refractivity contribution in [1.29, 1.82) is 0 Å². The van der Waals surface area contributed by atoms with Crippen LogP contribution in [-0.4, -0.2) is 83.7 Å². The van der Waals surface area contributed by atoms with Crippen molar-refractivity contribution in [2.75, 3.05) is 53.2 Å². The van der Waals surface area contributed by atoms with Crippen LogP contribution in [0.1, 0.15) is 43.1 Å². The number of carbonyl (C=O) groups is 2. The van der Waals surface area contributed by atoms with Gasteiger partial charge in [-0.1, -0.05) is 55.8 Å². The minimum Gasteiger partial charge on any atom is -0.469 e. The number of hydrogen-bond acceptors (Lipinski definition) is 8. The van der Waals surface area contributed by atoms with Crippen molar-refractivity contribution in [3.63, 3.8) is 0 Å². The Balaban J connectivity index is 1.59. The van der Waals surface area contributed by atoms with Gasteiger partial charge in [-0.05, 0) is 37.1 Å². The van der Waals surface area contributed by atoms with E-state index >= 15 is 0 Å². The summed E-state index contributed by atoms with van der Waals surface area (Å²) in [4.78, 5) is 38.9. The van der Waals surface area contributed by atoms with E-state index in [-0.39, 0.29) is 24.8 Å². The van der Waals surface area contributed by atoms with Crippen molar-refractivity contribution in [1.82, 2.24) is 24.3 Å². The van der Waals surface area contributed by atoms with Gasteiger partial charge in [0.2, 0.25) is 5.91 Å². The van der Waals surface area contributed by atoms with E-state index in [1.54, 1.807) is 7.11 Å². The molecule has 0 unspecified atom stereocenters. The Kier molecular flexibility index (Phi) is 11.5. The highest BCUT2D eigenvalue weighted by Crippen LogP contribution is 2.29. The maximum Gasteiger partial charge on any atom is 0.309 e. The predicted molar refractivity (Wildman–Crippen MR) is 170 cm³/mol. The molecule has 4 rings (SSSR count). The molecule has 2 aromatic carbocycles. The quantitative estimate of drug-likeness (QED) is 0.194. The number of para-hydroxylation sites is 1. The lowest BCUT2D eigenvalue weighted by Gasteiger charge is -2.26. The number of nitrogens with zero attached hydrogens (tertiary/aromatic N) is 5. The average Bonchev–Trinajstić information content (AvgIpc) is 3.37. The van der Waals surface area contributed by atoms with E-state index in [9.17, 15) is 9.59 Å². The van der Waals surface area contributed by atoms with Crippen LogP contribution < -0.4 is 5.73 Å².